The highest BCUT2D eigenvalue weighted by atomic mass is 35.5. The number of hydrogen-bond acceptors (Lipinski definition) is 3. The summed E-state index contributed by atoms with van der Waals surface area (Å²) in [4.78, 5) is 4.03. The molecular weight excluding hydrogens is 260 g/mol. The molecule has 1 aromatic heterocycles. The monoisotopic (exact) mass is 284 g/mol. The van der Waals surface area contributed by atoms with Crippen LogP contribution in [0.15, 0.2) is 18.5 Å². The molecule has 0 aliphatic rings. The van der Waals surface area contributed by atoms with Crippen molar-refractivity contribution in [2.75, 3.05) is 20.3 Å². The highest BCUT2D eigenvalue weighted by Crippen LogP contribution is 2.18. The van der Waals surface area contributed by atoms with Gasteiger partial charge in [0.1, 0.15) is 0 Å². The van der Waals surface area contributed by atoms with Crippen molar-refractivity contribution >= 4 is 11.6 Å². The molecule has 0 amide bonds. The van der Waals surface area contributed by atoms with Crippen LogP contribution in [0.5, 0.6) is 0 Å². The lowest BCUT2D eigenvalue weighted by atomic mass is 9.97. The summed E-state index contributed by atoms with van der Waals surface area (Å²) in [5.41, 5.74) is 1.16. The molecule has 0 radical (unpaired) electrons. The van der Waals surface area contributed by atoms with Crippen molar-refractivity contribution in [1.82, 2.24) is 10.3 Å². The number of hydrogen-bond donors (Lipinski definition) is 1. The van der Waals surface area contributed by atoms with E-state index in [0.29, 0.717) is 12.0 Å². The Labute approximate surface area is 121 Å². The van der Waals surface area contributed by atoms with Gasteiger partial charge in [-0.15, -0.1) is 0 Å². The molecule has 1 N–H and O–H groups in total. The molecule has 108 valence electrons. The van der Waals surface area contributed by atoms with Crippen molar-refractivity contribution in [1.29, 1.82) is 0 Å². The fourth-order valence-electron chi connectivity index (χ4n) is 2.26. The number of pyridine rings is 1. The van der Waals surface area contributed by atoms with Gasteiger partial charge in [0.05, 0.1) is 5.02 Å². The van der Waals surface area contributed by atoms with Crippen molar-refractivity contribution in [3.8, 4) is 0 Å². The van der Waals surface area contributed by atoms with Crippen LogP contribution in [0, 0.1) is 5.92 Å². The summed E-state index contributed by atoms with van der Waals surface area (Å²) in [7, 11) is 1.75. The molecule has 1 rings (SSSR count). The topological polar surface area (TPSA) is 34.2 Å². The number of rotatable bonds is 9. The van der Waals surface area contributed by atoms with Crippen LogP contribution in [-0.2, 0) is 11.2 Å². The quantitative estimate of drug-likeness (QED) is 0.755. The smallest absolute Gasteiger partial charge is 0.0621 e. The number of methoxy groups -OCH3 is 1. The van der Waals surface area contributed by atoms with Crippen LogP contribution in [0.4, 0.5) is 0 Å². The summed E-state index contributed by atoms with van der Waals surface area (Å²) in [6, 6.07) is 2.44. The van der Waals surface area contributed by atoms with E-state index in [1.807, 2.05) is 6.07 Å². The zero-order chi connectivity index (χ0) is 14.1. The number of nitrogens with one attached hydrogen (secondary N) is 1. The first kappa shape index (κ1) is 16.4. The van der Waals surface area contributed by atoms with Gasteiger partial charge >= 0.3 is 0 Å². The molecule has 0 saturated carbocycles. The first-order valence-corrected chi connectivity index (χ1v) is 7.35. The Morgan fingerprint density at radius 2 is 2.26 bits per heavy atom. The van der Waals surface area contributed by atoms with Crippen LogP contribution in [0.25, 0.3) is 0 Å². The van der Waals surface area contributed by atoms with E-state index in [1.54, 1.807) is 19.5 Å². The van der Waals surface area contributed by atoms with Gasteiger partial charge in [-0.1, -0.05) is 25.4 Å². The van der Waals surface area contributed by atoms with Crippen LogP contribution >= 0.6 is 11.6 Å². The van der Waals surface area contributed by atoms with Gasteiger partial charge in [0, 0.05) is 32.2 Å². The molecular formula is C15H25ClN2O. The van der Waals surface area contributed by atoms with Crippen molar-refractivity contribution in [2.24, 2.45) is 5.92 Å². The first-order valence-electron chi connectivity index (χ1n) is 6.98. The highest BCUT2D eigenvalue weighted by molar-refractivity contribution is 6.31. The molecule has 0 aliphatic heterocycles. The Balaban J connectivity index is 2.60. The minimum Gasteiger partial charge on any atom is -0.384 e. The lowest BCUT2D eigenvalue weighted by Gasteiger charge is -2.22. The Kier molecular flexibility index (Phi) is 8.03. The third-order valence-corrected chi connectivity index (χ3v) is 3.48. The Morgan fingerprint density at radius 3 is 2.89 bits per heavy atom. The van der Waals surface area contributed by atoms with E-state index in [4.69, 9.17) is 16.3 Å². The normalized spacial score (nSPS) is 14.3. The van der Waals surface area contributed by atoms with Crippen LogP contribution in [-0.4, -0.2) is 31.3 Å². The Bertz CT molecular complexity index is 360. The number of nitrogens with zero attached hydrogens (tertiary/aromatic N) is 1. The van der Waals surface area contributed by atoms with Crippen LogP contribution < -0.4 is 5.32 Å². The zero-order valence-electron chi connectivity index (χ0n) is 12.2. The van der Waals surface area contributed by atoms with Gasteiger partial charge in [0.15, 0.2) is 0 Å². The van der Waals surface area contributed by atoms with Gasteiger partial charge in [-0.05, 0) is 43.4 Å². The van der Waals surface area contributed by atoms with Gasteiger partial charge in [0.2, 0.25) is 0 Å². The molecule has 2 unspecified atom stereocenters. The molecule has 0 aliphatic carbocycles. The summed E-state index contributed by atoms with van der Waals surface area (Å²) >= 11 is 6.19. The molecule has 3 nitrogen and oxygen atoms in total. The average Bonchev–Trinajstić information content (AvgIpc) is 2.39. The zero-order valence-corrected chi connectivity index (χ0v) is 12.9. The Hall–Kier alpha value is -0.640. The van der Waals surface area contributed by atoms with Crippen LogP contribution in [0.1, 0.15) is 32.3 Å². The van der Waals surface area contributed by atoms with Gasteiger partial charge in [0.25, 0.3) is 0 Å². The summed E-state index contributed by atoms with van der Waals surface area (Å²) in [6.07, 6.45) is 6.68. The van der Waals surface area contributed by atoms with Gasteiger partial charge in [-0.25, -0.2) is 0 Å². The average molecular weight is 285 g/mol. The SMILES string of the molecule is CCCNC(Cc1ccncc1Cl)CC(C)COC. The van der Waals surface area contributed by atoms with E-state index in [-0.39, 0.29) is 0 Å². The van der Waals surface area contributed by atoms with Crippen LogP contribution in [0.2, 0.25) is 5.02 Å². The van der Waals surface area contributed by atoms with Crippen LogP contribution in [0.3, 0.4) is 0 Å². The second-order valence-corrected chi connectivity index (χ2v) is 5.53. The number of ether oxygens (including phenoxy) is 1. The number of halogens is 1. The van der Waals surface area contributed by atoms with E-state index in [0.717, 1.165) is 43.0 Å². The molecule has 1 aromatic rings. The van der Waals surface area contributed by atoms with E-state index in [9.17, 15) is 0 Å². The standard InChI is InChI=1S/C15H25ClN2O/c1-4-6-18-14(8-12(2)11-19-3)9-13-5-7-17-10-15(13)16/h5,7,10,12,14,18H,4,6,8-9,11H2,1-3H3. The fourth-order valence-corrected chi connectivity index (χ4v) is 2.46. The van der Waals surface area contributed by atoms with Gasteiger partial charge in [-0.3, -0.25) is 4.98 Å². The molecule has 0 aromatic carbocycles. The third-order valence-electron chi connectivity index (χ3n) is 3.14. The second-order valence-electron chi connectivity index (χ2n) is 5.12. The maximum atomic E-state index is 6.19. The minimum atomic E-state index is 0.435. The molecule has 0 spiro atoms. The summed E-state index contributed by atoms with van der Waals surface area (Å²) in [6.45, 7) is 6.24. The Morgan fingerprint density at radius 1 is 1.47 bits per heavy atom. The van der Waals surface area contributed by atoms with Crippen molar-refractivity contribution in [2.45, 2.75) is 39.2 Å². The molecule has 1 heterocycles. The van der Waals surface area contributed by atoms with Gasteiger partial charge < -0.3 is 10.1 Å². The molecule has 4 heteroatoms. The van der Waals surface area contributed by atoms with E-state index < -0.39 is 0 Å². The van der Waals surface area contributed by atoms with Crippen molar-refractivity contribution < 1.29 is 4.74 Å². The fraction of sp³-hybridized carbons (Fsp3) is 0.667. The van der Waals surface area contributed by atoms with Gasteiger partial charge in [-0.2, -0.15) is 0 Å². The third kappa shape index (κ3) is 6.37. The maximum absolute atomic E-state index is 6.19. The second kappa shape index (κ2) is 9.29. The largest absolute Gasteiger partial charge is 0.384 e. The molecule has 0 fully saturated rings. The number of aromatic nitrogens is 1. The molecule has 19 heavy (non-hydrogen) atoms. The van der Waals surface area contributed by atoms with E-state index in [1.165, 1.54) is 0 Å². The predicted octanol–water partition coefficient (Wildman–Crippen LogP) is 3.32. The molecule has 2 atom stereocenters. The predicted molar refractivity (Wildman–Crippen MR) is 80.7 cm³/mol. The maximum Gasteiger partial charge on any atom is 0.0621 e. The summed E-state index contributed by atoms with van der Waals surface area (Å²) in [5.74, 6) is 0.542. The minimum absolute atomic E-state index is 0.435. The lowest BCUT2D eigenvalue weighted by Crippen LogP contribution is -2.34. The molecule has 0 bridgehead atoms. The van der Waals surface area contributed by atoms with E-state index >= 15 is 0 Å². The summed E-state index contributed by atoms with van der Waals surface area (Å²) in [5, 5.41) is 4.35. The first-order chi connectivity index (χ1) is 9.17. The van der Waals surface area contributed by atoms with Crippen molar-refractivity contribution in [3.63, 3.8) is 0 Å². The molecule has 0 saturated heterocycles. The summed E-state index contributed by atoms with van der Waals surface area (Å²) < 4.78 is 5.22. The lowest BCUT2D eigenvalue weighted by molar-refractivity contribution is 0.149. The highest BCUT2D eigenvalue weighted by Gasteiger charge is 2.14. The van der Waals surface area contributed by atoms with Crippen molar-refractivity contribution in [3.05, 3.63) is 29.0 Å². The van der Waals surface area contributed by atoms with E-state index in [2.05, 4.69) is 24.1 Å².